The van der Waals surface area contributed by atoms with Crippen molar-refractivity contribution in [2.45, 2.75) is 6.92 Å². The van der Waals surface area contributed by atoms with Crippen LogP contribution in [0.25, 0.3) is 0 Å². The predicted octanol–water partition coefficient (Wildman–Crippen LogP) is 0.405. The fraction of sp³-hybridized carbons (Fsp3) is 0.800. The first-order chi connectivity index (χ1) is 5.80. The van der Waals surface area contributed by atoms with Gasteiger partial charge in [-0.2, -0.15) is 8.42 Å². The smallest absolute Gasteiger partial charge is 0.439 e. The van der Waals surface area contributed by atoms with Crippen LogP contribution in [-0.4, -0.2) is 44.6 Å². The lowest BCUT2D eigenvalue weighted by Gasteiger charge is -2.23. The van der Waals surface area contributed by atoms with Gasteiger partial charge >= 0.3 is 15.3 Å². The standard InChI is InChI=1S/C5H11ClN2O4S/c1-4-12-5(9)8(7(2)3)13(6,10)11/h4H2,1-3H3. The second-order valence-electron chi connectivity index (χ2n) is 2.23. The van der Waals surface area contributed by atoms with Crippen LogP contribution in [0.5, 0.6) is 0 Å². The average molecular weight is 231 g/mol. The van der Waals surface area contributed by atoms with Gasteiger partial charge < -0.3 is 4.74 Å². The highest BCUT2D eigenvalue weighted by molar-refractivity contribution is 8.12. The minimum absolute atomic E-state index is 0.0790. The predicted molar refractivity (Wildman–Crippen MR) is 47.3 cm³/mol. The van der Waals surface area contributed by atoms with Gasteiger partial charge in [-0.1, -0.05) is 0 Å². The Balaban J connectivity index is 4.74. The van der Waals surface area contributed by atoms with Crippen molar-refractivity contribution in [3.05, 3.63) is 0 Å². The topological polar surface area (TPSA) is 66.9 Å². The molecule has 0 saturated heterocycles. The van der Waals surface area contributed by atoms with E-state index in [1.54, 1.807) is 6.92 Å². The van der Waals surface area contributed by atoms with Crippen LogP contribution in [-0.2, 0) is 14.0 Å². The van der Waals surface area contributed by atoms with Gasteiger partial charge in [0.2, 0.25) is 0 Å². The summed E-state index contributed by atoms with van der Waals surface area (Å²) in [5.74, 6) is 0. The highest BCUT2D eigenvalue weighted by Crippen LogP contribution is 2.09. The SMILES string of the molecule is CCOC(=O)N(N(C)C)S(=O)(=O)Cl. The summed E-state index contributed by atoms with van der Waals surface area (Å²) in [6, 6.07) is 0. The lowest BCUT2D eigenvalue weighted by molar-refractivity contribution is 0.0722. The molecule has 0 saturated carbocycles. The zero-order valence-electron chi connectivity index (χ0n) is 7.52. The summed E-state index contributed by atoms with van der Waals surface area (Å²) in [4.78, 5) is 11.0. The molecular formula is C5H11ClN2O4S. The molecule has 0 unspecified atom stereocenters. The maximum absolute atomic E-state index is 11.0. The van der Waals surface area contributed by atoms with Crippen LogP contribution in [0.3, 0.4) is 0 Å². The fourth-order valence-electron chi connectivity index (χ4n) is 0.626. The summed E-state index contributed by atoms with van der Waals surface area (Å²) in [5, 5.41) is 1.01. The van der Waals surface area contributed by atoms with Gasteiger partial charge in [-0.05, 0) is 6.92 Å². The van der Waals surface area contributed by atoms with Gasteiger partial charge in [0.1, 0.15) is 0 Å². The molecule has 1 amide bonds. The van der Waals surface area contributed by atoms with Gasteiger partial charge in [0.05, 0.1) is 6.61 Å². The summed E-state index contributed by atoms with van der Waals surface area (Å²) >= 11 is 0. The molecule has 0 aliphatic heterocycles. The van der Waals surface area contributed by atoms with Crippen molar-refractivity contribution in [3.8, 4) is 0 Å². The molecule has 0 radical (unpaired) electrons. The van der Waals surface area contributed by atoms with Crippen LogP contribution in [0, 0.1) is 0 Å². The molecule has 0 aromatic rings. The molecular weight excluding hydrogens is 220 g/mol. The molecule has 0 aromatic heterocycles. The van der Waals surface area contributed by atoms with Crippen LogP contribution in [0.15, 0.2) is 0 Å². The number of amides is 1. The number of hydrogen-bond donors (Lipinski definition) is 0. The van der Waals surface area contributed by atoms with E-state index in [1.165, 1.54) is 14.1 Å². The number of ether oxygens (including phenoxy) is 1. The van der Waals surface area contributed by atoms with E-state index in [2.05, 4.69) is 4.74 Å². The number of hydrogen-bond acceptors (Lipinski definition) is 5. The third-order valence-electron chi connectivity index (χ3n) is 0.994. The number of carbonyl (C=O) groups is 1. The van der Waals surface area contributed by atoms with Gasteiger partial charge in [-0.15, -0.1) is 4.41 Å². The third-order valence-corrected chi connectivity index (χ3v) is 2.27. The molecule has 0 fully saturated rings. The molecule has 0 aliphatic carbocycles. The van der Waals surface area contributed by atoms with Crippen LogP contribution in [0.4, 0.5) is 4.79 Å². The Morgan fingerprint density at radius 1 is 1.46 bits per heavy atom. The van der Waals surface area contributed by atoms with Gasteiger partial charge in [0.25, 0.3) is 0 Å². The molecule has 0 aromatic carbocycles. The molecule has 0 aliphatic rings. The zero-order chi connectivity index (χ0) is 10.6. The summed E-state index contributed by atoms with van der Waals surface area (Å²) in [6.07, 6.45) is -1.03. The van der Waals surface area contributed by atoms with E-state index in [-0.39, 0.29) is 6.61 Å². The molecule has 13 heavy (non-hydrogen) atoms. The molecule has 78 valence electrons. The number of hydrazine groups is 1. The van der Waals surface area contributed by atoms with Crippen LogP contribution in [0.1, 0.15) is 6.92 Å². The van der Waals surface area contributed by atoms with E-state index in [1.807, 2.05) is 0 Å². The molecule has 6 nitrogen and oxygen atoms in total. The highest BCUT2D eigenvalue weighted by atomic mass is 35.7. The van der Waals surface area contributed by atoms with Crippen molar-refractivity contribution in [2.24, 2.45) is 0 Å². The van der Waals surface area contributed by atoms with Crippen LogP contribution < -0.4 is 0 Å². The van der Waals surface area contributed by atoms with Crippen molar-refractivity contribution in [2.75, 3.05) is 20.7 Å². The van der Waals surface area contributed by atoms with E-state index in [0.717, 1.165) is 5.01 Å². The Labute approximate surface area is 81.5 Å². The maximum atomic E-state index is 11.0. The van der Waals surface area contributed by atoms with E-state index >= 15 is 0 Å². The van der Waals surface area contributed by atoms with Gasteiger partial charge in [0.15, 0.2) is 0 Å². The van der Waals surface area contributed by atoms with Crippen molar-refractivity contribution >= 4 is 26.0 Å². The molecule has 0 atom stereocenters. The Hall–Kier alpha value is -0.530. The second kappa shape index (κ2) is 4.64. The lowest BCUT2D eigenvalue weighted by atomic mass is 10.9. The van der Waals surface area contributed by atoms with Crippen molar-refractivity contribution < 1.29 is 17.9 Å². The molecule has 0 spiro atoms. The van der Waals surface area contributed by atoms with Crippen molar-refractivity contribution in [3.63, 3.8) is 0 Å². The van der Waals surface area contributed by atoms with Gasteiger partial charge in [-0.3, -0.25) is 0 Å². The maximum Gasteiger partial charge on any atom is 0.439 e. The second-order valence-corrected chi connectivity index (χ2v) is 4.57. The zero-order valence-corrected chi connectivity index (χ0v) is 9.09. The Kier molecular flexibility index (Phi) is 4.45. The van der Waals surface area contributed by atoms with Gasteiger partial charge in [-0.25, -0.2) is 9.80 Å². The van der Waals surface area contributed by atoms with E-state index in [9.17, 15) is 13.2 Å². The average Bonchev–Trinajstić information content (AvgIpc) is 1.82. The number of carbonyl (C=O) groups excluding carboxylic acids is 1. The quantitative estimate of drug-likeness (QED) is 0.519. The number of halogens is 1. The van der Waals surface area contributed by atoms with Crippen LogP contribution >= 0.6 is 10.7 Å². The Morgan fingerprint density at radius 3 is 2.15 bits per heavy atom. The van der Waals surface area contributed by atoms with Crippen molar-refractivity contribution in [1.82, 2.24) is 9.42 Å². The van der Waals surface area contributed by atoms with Crippen LogP contribution in [0.2, 0.25) is 0 Å². The Bertz CT molecular complexity index is 276. The molecule has 0 heterocycles. The highest BCUT2D eigenvalue weighted by Gasteiger charge is 2.28. The third kappa shape index (κ3) is 3.79. The van der Waals surface area contributed by atoms with E-state index in [0.29, 0.717) is 4.41 Å². The summed E-state index contributed by atoms with van der Waals surface area (Å²) in [7, 11) is 3.57. The number of nitrogens with zero attached hydrogens (tertiary/aromatic N) is 2. The largest absolute Gasteiger partial charge is 0.448 e. The first-order valence-corrected chi connectivity index (χ1v) is 5.66. The fourth-order valence-corrected chi connectivity index (χ4v) is 1.79. The van der Waals surface area contributed by atoms with Crippen molar-refractivity contribution in [1.29, 1.82) is 0 Å². The first kappa shape index (κ1) is 12.5. The van der Waals surface area contributed by atoms with Gasteiger partial charge in [0, 0.05) is 24.8 Å². The first-order valence-electron chi connectivity index (χ1n) is 3.39. The van der Waals surface area contributed by atoms with E-state index in [4.69, 9.17) is 10.7 Å². The monoisotopic (exact) mass is 230 g/mol. The molecule has 0 rings (SSSR count). The summed E-state index contributed by atoms with van der Waals surface area (Å²) in [6.45, 7) is 1.64. The lowest BCUT2D eigenvalue weighted by Crippen LogP contribution is -2.44. The minimum atomic E-state index is -4.13. The number of rotatable bonds is 3. The molecule has 8 heteroatoms. The molecule has 0 N–H and O–H groups in total. The normalized spacial score (nSPS) is 11.5. The summed E-state index contributed by atoms with van der Waals surface area (Å²) in [5.41, 5.74) is 0. The molecule has 0 bridgehead atoms. The summed E-state index contributed by atoms with van der Waals surface area (Å²) < 4.78 is 26.5. The van der Waals surface area contributed by atoms with E-state index < -0.39 is 15.3 Å². The minimum Gasteiger partial charge on any atom is -0.448 e. The Morgan fingerprint density at radius 2 is 1.92 bits per heavy atom.